The van der Waals surface area contributed by atoms with E-state index in [0.29, 0.717) is 18.2 Å². The van der Waals surface area contributed by atoms with Gasteiger partial charge in [0.25, 0.3) is 5.91 Å². The summed E-state index contributed by atoms with van der Waals surface area (Å²) < 4.78 is 1.94. The molecule has 0 bridgehead atoms. The molecule has 0 radical (unpaired) electrons. The highest BCUT2D eigenvalue weighted by Crippen LogP contribution is 2.39. The summed E-state index contributed by atoms with van der Waals surface area (Å²) in [5.74, 6) is 0.526. The molecule has 3 N–H and O–H groups in total. The lowest BCUT2D eigenvalue weighted by molar-refractivity contribution is 0.0888. The van der Waals surface area contributed by atoms with E-state index >= 15 is 0 Å². The van der Waals surface area contributed by atoms with Crippen LogP contribution in [0.1, 0.15) is 37.2 Å². The molecule has 1 aromatic rings. The van der Waals surface area contributed by atoms with E-state index in [1.54, 1.807) is 0 Å². The van der Waals surface area contributed by atoms with Crippen molar-refractivity contribution >= 4 is 5.91 Å². The quantitative estimate of drug-likeness (QED) is 0.809. The van der Waals surface area contributed by atoms with Crippen molar-refractivity contribution in [2.75, 3.05) is 6.54 Å². The first-order valence-corrected chi connectivity index (χ1v) is 6.28. The van der Waals surface area contributed by atoms with Gasteiger partial charge >= 0.3 is 0 Å². The van der Waals surface area contributed by atoms with Gasteiger partial charge in [-0.2, -0.15) is 0 Å². The molecule has 0 saturated heterocycles. The number of amides is 1. The first-order valence-electron chi connectivity index (χ1n) is 6.28. The summed E-state index contributed by atoms with van der Waals surface area (Å²) in [6.07, 6.45) is 4.26. The van der Waals surface area contributed by atoms with Crippen LogP contribution < -0.4 is 11.1 Å². The molecule has 0 aliphatic heterocycles. The van der Waals surface area contributed by atoms with Gasteiger partial charge in [0.05, 0.1) is 5.54 Å². The number of carbonyl (C=O) groups is 1. The van der Waals surface area contributed by atoms with Crippen LogP contribution in [0.5, 0.6) is 0 Å². The summed E-state index contributed by atoms with van der Waals surface area (Å²) >= 11 is 0. The van der Waals surface area contributed by atoms with Gasteiger partial charge in [0.15, 0.2) is 0 Å². The van der Waals surface area contributed by atoms with E-state index in [4.69, 9.17) is 5.73 Å². The molecule has 0 spiro atoms. The lowest BCUT2D eigenvalue weighted by Crippen LogP contribution is -2.53. The Balaban J connectivity index is 2.10. The summed E-state index contributed by atoms with van der Waals surface area (Å²) in [5.41, 5.74) is 6.26. The van der Waals surface area contributed by atoms with E-state index in [1.807, 2.05) is 36.7 Å². The van der Waals surface area contributed by atoms with Gasteiger partial charge in [-0.1, -0.05) is 0 Å². The zero-order chi connectivity index (χ0) is 12.5. The molecule has 1 unspecified atom stereocenters. The molecule has 1 atom stereocenters. The Bertz CT molecular complexity index is 409. The Kier molecular flexibility index (Phi) is 3.24. The molecule has 1 aliphatic rings. The Morgan fingerprint density at radius 1 is 1.65 bits per heavy atom. The van der Waals surface area contributed by atoms with Crippen molar-refractivity contribution in [1.29, 1.82) is 0 Å². The Morgan fingerprint density at radius 2 is 2.35 bits per heavy atom. The van der Waals surface area contributed by atoms with Gasteiger partial charge in [0.2, 0.25) is 0 Å². The highest BCUT2D eigenvalue weighted by atomic mass is 16.2. The van der Waals surface area contributed by atoms with Crippen LogP contribution in [0.3, 0.4) is 0 Å². The van der Waals surface area contributed by atoms with E-state index in [0.717, 1.165) is 6.54 Å². The Labute approximate surface area is 102 Å². The summed E-state index contributed by atoms with van der Waals surface area (Å²) in [7, 11) is 0. The maximum atomic E-state index is 12.2. The van der Waals surface area contributed by atoms with E-state index in [-0.39, 0.29) is 11.4 Å². The van der Waals surface area contributed by atoms with Crippen LogP contribution >= 0.6 is 0 Å². The highest BCUT2D eigenvalue weighted by Gasteiger charge is 2.41. The van der Waals surface area contributed by atoms with Gasteiger partial charge in [-0.05, 0) is 44.7 Å². The molecule has 1 amide bonds. The molecule has 1 aromatic heterocycles. The monoisotopic (exact) mass is 235 g/mol. The van der Waals surface area contributed by atoms with Gasteiger partial charge in [-0.15, -0.1) is 0 Å². The first-order chi connectivity index (χ1) is 8.10. The Morgan fingerprint density at radius 3 is 2.88 bits per heavy atom. The van der Waals surface area contributed by atoms with Crippen LogP contribution in [-0.2, 0) is 6.54 Å². The zero-order valence-electron chi connectivity index (χ0n) is 10.6. The fraction of sp³-hybridized carbons (Fsp3) is 0.615. The number of nitrogens with zero attached hydrogens (tertiary/aromatic N) is 1. The van der Waals surface area contributed by atoms with E-state index in [2.05, 4.69) is 5.32 Å². The van der Waals surface area contributed by atoms with Crippen molar-refractivity contribution in [3.8, 4) is 0 Å². The van der Waals surface area contributed by atoms with Gasteiger partial charge < -0.3 is 15.6 Å². The fourth-order valence-electron chi connectivity index (χ4n) is 2.26. The molecule has 17 heavy (non-hydrogen) atoms. The average molecular weight is 235 g/mol. The molecular formula is C13H21N3O. The second-order valence-electron chi connectivity index (χ2n) is 5.03. The standard InChI is InChI=1S/C13H21N3O/c1-3-16-8-4-5-11(16)12(17)15-13(2,9-14)10-6-7-10/h4-5,8,10H,3,6-7,9,14H2,1-2H3,(H,15,17). The zero-order valence-corrected chi connectivity index (χ0v) is 10.6. The van der Waals surface area contributed by atoms with E-state index in [9.17, 15) is 4.79 Å². The predicted molar refractivity (Wildman–Crippen MR) is 67.8 cm³/mol. The number of hydrogen-bond donors (Lipinski definition) is 2. The molecule has 0 aromatic carbocycles. The van der Waals surface area contributed by atoms with Crippen molar-refractivity contribution in [3.63, 3.8) is 0 Å². The number of hydrogen-bond acceptors (Lipinski definition) is 2. The van der Waals surface area contributed by atoms with Crippen molar-refractivity contribution in [1.82, 2.24) is 9.88 Å². The minimum Gasteiger partial charge on any atom is -0.344 e. The number of rotatable bonds is 5. The molecule has 4 nitrogen and oxygen atoms in total. The predicted octanol–water partition coefficient (Wildman–Crippen LogP) is 1.37. The summed E-state index contributed by atoms with van der Waals surface area (Å²) in [5, 5.41) is 3.10. The minimum atomic E-state index is -0.250. The number of aromatic nitrogens is 1. The van der Waals surface area contributed by atoms with E-state index < -0.39 is 0 Å². The molecule has 94 valence electrons. The van der Waals surface area contributed by atoms with Crippen LogP contribution in [0.25, 0.3) is 0 Å². The molecular weight excluding hydrogens is 214 g/mol. The van der Waals surface area contributed by atoms with Gasteiger partial charge in [0, 0.05) is 19.3 Å². The number of nitrogens with two attached hydrogens (primary N) is 1. The number of aryl methyl sites for hydroxylation is 1. The van der Waals surface area contributed by atoms with Gasteiger partial charge in [-0.25, -0.2) is 0 Å². The molecule has 1 saturated carbocycles. The van der Waals surface area contributed by atoms with Crippen molar-refractivity contribution < 1.29 is 4.79 Å². The SMILES string of the molecule is CCn1cccc1C(=O)NC(C)(CN)C1CC1. The molecule has 1 heterocycles. The molecule has 2 rings (SSSR count). The third kappa shape index (κ3) is 2.36. The lowest BCUT2D eigenvalue weighted by Gasteiger charge is -2.29. The van der Waals surface area contributed by atoms with Crippen molar-refractivity contribution in [3.05, 3.63) is 24.0 Å². The fourth-order valence-corrected chi connectivity index (χ4v) is 2.26. The smallest absolute Gasteiger partial charge is 0.268 e. The Hall–Kier alpha value is -1.29. The maximum absolute atomic E-state index is 12.2. The van der Waals surface area contributed by atoms with Crippen LogP contribution in [0.15, 0.2) is 18.3 Å². The van der Waals surface area contributed by atoms with Crippen LogP contribution in [-0.4, -0.2) is 22.6 Å². The van der Waals surface area contributed by atoms with Crippen LogP contribution in [0.2, 0.25) is 0 Å². The summed E-state index contributed by atoms with van der Waals surface area (Å²) in [4.78, 5) is 12.2. The topological polar surface area (TPSA) is 60.0 Å². The molecule has 1 fully saturated rings. The summed E-state index contributed by atoms with van der Waals surface area (Å²) in [6.45, 7) is 5.37. The molecule has 4 heteroatoms. The van der Waals surface area contributed by atoms with Crippen molar-refractivity contribution in [2.45, 2.75) is 38.8 Å². The summed E-state index contributed by atoms with van der Waals surface area (Å²) in [6, 6.07) is 3.75. The minimum absolute atomic E-state index is 0.0169. The van der Waals surface area contributed by atoms with Gasteiger partial charge in [0.1, 0.15) is 5.69 Å². The maximum Gasteiger partial charge on any atom is 0.268 e. The van der Waals surface area contributed by atoms with Crippen LogP contribution in [0.4, 0.5) is 0 Å². The third-order valence-corrected chi connectivity index (χ3v) is 3.70. The van der Waals surface area contributed by atoms with Crippen molar-refractivity contribution in [2.24, 2.45) is 11.7 Å². The van der Waals surface area contributed by atoms with Gasteiger partial charge in [-0.3, -0.25) is 4.79 Å². The lowest BCUT2D eigenvalue weighted by atomic mass is 9.96. The third-order valence-electron chi connectivity index (χ3n) is 3.70. The first kappa shape index (κ1) is 12.2. The normalized spacial score (nSPS) is 18.8. The number of carbonyl (C=O) groups excluding carboxylic acids is 1. The molecule has 1 aliphatic carbocycles. The highest BCUT2D eigenvalue weighted by molar-refractivity contribution is 5.93. The second kappa shape index (κ2) is 4.53. The largest absolute Gasteiger partial charge is 0.344 e. The second-order valence-corrected chi connectivity index (χ2v) is 5.03. The average Bonchev–Trinajstić information content (AvgIpc) is 3.07. The number of nitrogens with one attached hydrogen (secondary N) is 1. The van der Waals surface area contributed by atoms with E-state index in [1.165, 1.54) is 12.8 Å². The van der Waals surface area contributed by atoms with Crippen LogP contribution in [0, 0.1) is 5.92 Å².